The number of aromatic hydroxyl groups is 1. The van der Waals surface area contributed by atoms with E-state index < -0.39 is 21.7 Å². The molecule has 10 nitrogen and oxygen atoms in total. The van der Waals surface area contributed by atoms with Gasteiger partial charge in [-0.25, -0.2) is 23.2 Å². The minimum atomic E-state index is -4.21. The van der Waals surface area contributed by atoms with E-state index in [1.165, 1.54) is 49.7 Å². The van der Waals surface area contributed by atoms with Gasteiger partial charge < -0.3 is 15.2 Å². The van der Waals surface area contributed by atoms with Gasteiger partial charge in [-0.1, -0.05) is 29.0 Å². The molecule has 4 aromatic carbocycles. The molecule has 42 heavy (non-hydrogen) atoms. The summed E-state index contributed by atoms with van der Waals surface area (Å²) < 4.78 is 49.5. The van der Waals surface area contributed by atoms with Gasteiger partial charge in [0.1, 0.15) is 17.3 Å². The van der Waals surface area contributed by atoms with Gasteiger partial charge in [-0.15, -0.1) is 0 Å². The lowest BCUT2D eigenvalue weighted by atomic mass is 10.2. The predicted molar refractivity (Wildman–Crippen MR) is 161 cm³/mol. The molecule has 13 heteroatoms. The number of phenolic OH excluding ortho intramolecular Hbond substituents is 1. The van der Waals surface area contributed by atoms with Crippen LogP contribution in [0.2, 0.25) is 0 Å². The number of aryl methyl sites for hydroxylation is 1. The summed E-state index contributed by atoms with van der Waals surface area (Å²) in [5.41, 5.74) is 5.18. The maximum atomic E-state index is 14.8. The molecule has 5 aromatic rings. The Hall–Kier alpha value is -5.01. The maximum Gasteiger partial charge on any atom is 0.275 e. The minimum Gasteiger partial charge on any atom is -0.508 e. The van der Waals surface area contributed by atoms with Crippen molar-refractivity contribution < 1.29 is 27.4 Å². The summed E-state index contributed by atoms with van der Waals surface area (Å²) >= 11 is 0.967. The summed E-state index contributed by atoms with van der Waals surface area (Å²) in [6.07, 6.45) is 1.36. The summed E-state index contributed by atoms with van der Waals surface area (Å²) in [5, 5.41) is 16.3. The summed E-state index contributed by atoms with van der Waals surface area (Å²) in [6.45, 7) is 1.94. The molecule has 0 atom stereocenters. The zero-order valence-electron chi connectivity index (χ0n) is 22.3. The van der Waals surface area contributed by atoms with Crippen LogP contribution in [0.5, 0.6) is 11.5 Å². The Morgan fingerprint density at radius 1 is 1.05 bits per heavy atom. The molecular formula is C29H24FN5O5S2. The molecule has 4 N–H and O–H groups in total. The second-order valence-electron chi connectivity index (χ2n) is 9.04. The van der Waals surface area contributed by atoms with Gasteiger partial charge in [0.15, 0.2) is 5.13 Å². The fourth-order valence-corrected chi connectivity index (χ4v) is 6.12. The maximum absolute atomic E-state index is 14.8. The SMILES string of the molecule is COc1ccc(S(=O)(=O)Nc2nc3ccc(F)c(Nc4ccc(C)cc4)c3s2)cc1C(=O)N/N=C/c1ccc(O)cc1. The number of benzene rings is 4. The number of nitrogens with zero attached hydrogens (tertiary/aromatic N) is 2. The number of fused-ring (bicyclic) bond motifs is 1. The first-order valence-corrected chi connectivity index (χ1v) is 14.7. The minimum absolute atomic E-state index is 0.0165. The number of hydrogen-bond acceptors (Lipinski definition) is 9. The molecule has 0 saturated heterocycles. The zero-order chi connectivity index (χ0) is 29.9. The van der Waals surface area contributed by atoms with E-state index in [0.29, 0.717) is 21.5 Å². The van der Waals surface area contributed by atoms with E-state index in [9.17, 15) is 22.7 Å². The molecule has 0 fully saturated rings. The Morgan fingerprint density at radius 3 is 2.50 bits per heavy atom. The summed E-state index contributed by atoms with van der Waals surface area (Å²) in [6, 6.07) is 20.1. The second-order valence-corrected chi connectivity index (χ2v) is 11.7. The number of thiazole rings is 1. The van der Waals surface area contributed by atoms with Crippen LogP contribution in [-0.4, -0.2) is 37.7 Å². The van der Waals surface area contributed by atoms with Gasteiger partial charge in [0, 0.05) is 5.69 Å². The number of aromatic nitrogens is 1. The topological polar surface area (TPSA) is 142 Å². The number of rotatable bonds is 9. The van der Waals surface area contributed by atoms with Crippen LogP contribution in [0.25, 0.3) is 10.2 Å². The number of amides is 1. The highest BCUT2D eigenvalue weighted by Crippen LogP contribution is 2.37. The van der Waals surface area contributed by atoms with E-state index >= 15 is 0 Å². The number of carbonyl (C=O) groups is 1. The number of hydrazone groups is 1. The third kappa shape index (κ3) is 6.32. The van der Waals surface area contributed by atoms with Crippen molar-refractivity contribution in [1.29, 1.82) is 0 Å². The molecule has 0 aliphatic rings. The van der Waals surface area contributed by atoms with Crippen LogP contribution in [0.15, 0.2) is 88.9 Å². The lowest BCUT2D eigenvalue weighted by Gasteiger charge is -2.10. The lowest BCUT2D eigenvalue weighted by Crippen LogP contribution is -2.20. The average molecular weight is 606 g/mol. The van der Waals surface area contributed by atoms with Crippen LogP contribution >= 0.6 is 11.3 Å². The second kappa shape index (κ2) is 11.8. The summed E-state index contributed by atoms with van der Waals surface area (Å²) in [4.78, 5) is 17.0. The van der Waals surface area contributed by atoms with Crippen molar-refractivity contribution in [3.63, 3.8) is 0 Å². The van der Waals surface area contributed by atoms with Gasteiger partial charge >= 0.3 is 0 Å². The molecule has 0 unspecified atom stereocenters. The van der Waals surface area contributed by atoms with Gasteiger partial charge in [0.2, 0.25) is 0 Å². The molecule has 0 aliphatic heterocycles. The lowest BCUT2D eigenvalue weighted by molar-refractivity contribution is 0.0952. The van der Waals surface area contributed by atoms with Crippen LogP contribution < -0.4 is 20.2 Å². The van der Waals surface area contributed by atoms with E-state index in [1.54, 1.807) is 12.1 Å². The molecule has 0 aliphatic carbocycles. The Balaban J connectivity index is 1.38. The van der Waals surface area contributed by atoms with Crippen LogP contribution in [0.1, 0.15) is 21.5 Å². The van der Waals surface area contributed by atoms with E-state index in [2.05, 4.69) is 25.6 Å². The van der Waals surface area contributed by atoms with Crippen molar-refractivity contribution in [1.82, 2.24) is 10.4 Å². The quantitative estimate of drug-likeness (QED) is 0.124. The largest absolute Gasteiger partial charge is 0.508 e. The first kappa shape index (κ1) is 28.5. The molecule has 0 spiro atoms. The number of methoxy groups -OCH3 is 1. The van der Waals surface area contributed by atoms with Gasteiger partial charge in [0.25, 0.3) is 15.9 Å². The molecule has 0 bridgehead atoms. The predicted octanol–water partition coefficient (Wildman–Crippen LogP) is 5.77. The first-order valence-electron chi connectivity index (χ1n) is 12.4. The number of ether oxygens (including phenoxy) is 1. The summed E-state index contributed by atoms with van der Waals surface area (Å²) in [7, 11) is -2.86. The molecular weight excluding hydrogens is 581 g/mol. The Kier molecular flexibility index (Phi) is 8.04. The van der Waals surface area contributed by atoms with E-state index in [0.717, 1.165) is 23.0 Å². The van der Waals surface area contributed by atoms with Crippen molar-refractivity contribution >= 4 is 60.2 Å². The molecule has 1 heterocycles. The zero-order valence-corrected chi connectivity index (χ0v) is 23.9. The highest BCUT2D eigenvalue weighted by atomic mass is 32.2. The normalized spacial score (nSPS) is 11.5. The van der Waals surface area contributed by atoms with Gasteiger partial charge in [-0.3, -0.25) is 9.52 Å². The average Bonchev–Trinajstić information content (AvgIpc) is 3.38. The molecule has 5 rings (SSSR count). The Labute approximate surface area is 244 Å². The fourth-order valence-electron chi connectivity index (χ4n) is 3.90. The van der Waals surface area contributed by atoms with Crippen LogP contribution in [0, 0.1) is 12.7 Å². The monoisotopic (exact) mass is 605 g/mol. The van der Waals surface area contributed by atoms with Crippen LogP contribution in [-0.2, 0) is 10.0 Å². The molecule has 1 aromatic heterocycles. The Bertz CT molecular complexity index is 1910. The molecule has 0 saturated carbocycles. The summed E-state index contributed by atoms with van der Waals surface area (Å²) in [5.74, 6) is -1.00. The highest BCUT2D eigenvalue weighted by molar-refractivity contribution is 7.93. The van der Waals surface area contributed by atoms with Crippen molar-refractivity contribution in [2.24, 2.45) is 5.10 Å². The number of nitrogens with one attached hydrogen (secondary N) is 3. The Morgan fingerprint density at radius 2 is 1.79 bits per heavy atom. The number of sulfonamides is 1. The third-order valence-electron chi connectivity index (χ3n) is 6.05. The number of hydrogen-bond donors (Lipinski definition) is 4. The first-order chi connectivity index (χ1) is 20.1. The highest BCUT2D eigenvalue weighted by Gasteiger charge is 2.22. The number of phenols is 1. The smallest absolute Gasteiger partial charge is 0.275 e. The standard InChI is InChI=1S/C29H24FN5O5S2/c1-17-3-7-19(8-4-17)32-26-23(30)12-13-24-27(26)41-29(33-24)35-42(38,39)21-11-14-25(40-2)22(15-21)28(37)34-31-16-18-5-9-20(36)10-6-18/h3-16,32,36H,1-2H3,(H,33,35)(H,34,37)/b31-16+. The van der Waals surface area contributed by atoms with Crippen molar-refractivity contribution in [3.8, 4) is 11.5 Å². The van der Waals surface area contributed by atoms with Crippen molar-refractivity contribution in [3.05, 3.63) is 101 Å². The van der Waals surface area contributed by atoms with E-state index in [-0.39, 0.29) is 32.8 Å². The van der Waals surface area contributed by atoms with Gasteiger partial charge in [0.05, 0.1) is 39.7 Å². The number of carbonyl (C=O) groups excluding carboxylic acids is 1. The molecule has 0 radical (unpaired) electrons. The fraction of sp³-hybridized carbons (Fsp3) is 0.0690. The van der Waals surface area contributed by atoms with Crippen molar-refractivity contribution in [2.75, 3.05) is 17.1 Å². The third-order valence-corrected chi connectivity index (χ3v) is 8.52. The van der Waals surface area contributed by atoms with Crippen LogP contribution in [0.4, 0.5) is 20.9 Å². The van der Waals surface area contributed by atoms with Crippen molar-refractivity contribution in [2.45, 2.75) is 11.8 Å². The van der Waals surface area contributed by atoms with E-state index in [4.69, 9.17) is 4.74 Å². The van der Waals surface area contributed by atoms with Gasteiger partial charge in [-0.2, -0.15) is 5.10 Å². The van der Waals surface area contributed by atoms with E-state index in [1.807, 2.05) is 31.2 Å². The molecule has 214 valence electrons. The number of anilines is 3. The molecule has 1 amide bonds. The number of halogens is 1. The van der Waals surface area contributed by atoms with Crippen LogP contribution in [0.3, 0.4) is 0 Å². The van der Waals surface area contributed by atoms with Gasteiger partial charge in [-0.05, 0) is 79.2 Å².